The van der Waals surface area contributed by atoms with Gasteiger partial charge in [0.2, 0.25) is 11.8 Å². The maximum absolute atomic E-state index is 12.6. The third-order valence-electron chi connectivity index (χ3n) is 6.27. The molecule has 2 fully saturated rings. The van der Waals surface area contributed by atoms with Gasteiger partial charge in [-0.05, 0) is 71.1 Å². The Bertz CT molecular complexity index is 616. The molecular weight excluding hydrogens is 418 g/mol. The van der Waals surface area contributed by atoms with E-state index in [2.05, 4.69) is 0 Å². The van der Waals surface area contributed by atoms with Gasteiger partial charge in [-0.3, -0.25) is 14.4 Å². The summed E-state index contributed by atoms with van der Waals surface area (Å²) in [5.41, 5.74) is 5.31. The average Bonchev–Trinajstić information content (AvgIpc) is 2.76. The van der Waals surface area contributed by atoms with Gasteiger partial charge in [-0.1, -0.05) is 27.7 Å². The molecule has 0 saturated carbocycles. The van der Waals surface area contributed by atoms with Crippen LogP contribution in [0.15, 0.2) is 0 Å². The molecule has 2 N–H and O–H groups in total. The van der Waals surface area contributed by atoms with Crippen LogP contribution in [0.1, 0.15) is 93.4 Å². The van der Waals surface area contributed by atoms with Crippen molar-refractivity contribution in [1.29, 1.82) is 0 Å². The highest BCUT2D eigenvalue weighted by Crippen LogP contribution is 2.23. The predicted molar refractivity (Wildman–Crippen MR) is 132 cm³/mol. The lowest BCUT2D eigenvalue weighted by Gasteiger charge is -2.32. The van der Waals surface area contributed by atoms with Gasteiger partial charge in [0, 0.05) is 26.2 Å². The predicted octanol–water partition coefficient (Wildman–Crippen LogP) is 3.99. The van der Waals surface area contributed by atoms with E-state index in [0.29, 0.717) is 0 Å². The zero-order valence-corrected chi connectivity index (χ0v) is 22.2. The first-order chi connectivity index (χ1) is 15.3. The molecule has 2 aliphatic heterocycles. The number of hydrogen-bond donors (Lipinski definition) is 1. The SMILES string of the molecule is CC(C)[C@@H](CC(=O)OC(C)(C)C)C(=O)N1CCCCC1.CC(C)[C@@H](N)C(=O)N1CCCCC1. The Morgan fingerprint density at radius 1 is 0.758 bits per heavy atom. The molecule has 0 aliphatic carbocycles. The number of esters is 1. The van der Waals surface area contributed by atoms with Crippen molar-refractivity contribution in [3.05, 3.63) is 0 Å². The Morgan fingerprint density at radius 2 is 1.18 bits per heavy atom. The van der Waals surface area contributed by atoms with Crippen molar-refractivity contribution < 1.29 is 19.1 Å². The summed E-state index contributed by atoms with van der Waals surface area (Å²) >= 11 is 0. The van der Waals surface area contributed by atoms with Crippen LogP contribution < -0.4 is 5.73 Å². The van der Waals surface area contributed by atoms with Gasteiger partial charge in [0.15, 0.2) is 0 Å². The number of carbonyl (C=O) groups excluding carboxylic acids is 3. The maximum atomic E-state index is 12.6. The molecule has 0 unspecified atom stereocenters. The molecule has 33 heavy (non-hydrogen) atoms. The molecule has 2 atom stereocenters. The smallest absolute Gasteiger partial charge is 0.307 e. The second-order valence-electron chi connectivity index (χ2n) is 11.2. The summed E-state index contributed by atoms with van der Waals surface area (Å²) < 4.78 is 5.35. The van der Waals surface area contributed by atoms with Crippen molar-refractivity contribution in [2.45, 2.75) is 105 Å². The first-order valence-electron chi connectivity index (χ1n) is 12.9. The first kappa shape index (κ1) is 29.4. The van der Waals surface area contributed by atoms with Crippen molar-refractivity contribution >= 4 is 17.8 Å². The fourth-order valence-electron chi connectivity index (χ4n) is 4.13. The van der Waals surface area contributed by atoms with Crippen LogP contribution in [0.3, 0.4) is 0 Å². The van der Waals surface area contributed by atoms with E-state index in [-0.39, 0.29) is 48.0 Å². The second-order valence-corrected chi connectivity index (χ2v) is 11.2. The lowest BCUT2D eigenvalue weighted by Crippen LogP contribution is -2.48. The quantitative estimate of drug-likeness (QED) is 0.596. The average molecular weight is 468 g/mol. The zero-order valence-electron chi connectivity index (χ0n) is 22.2. The molecule has 7 nitrogen and oxygen atoms in total. The Balaban J connectivity index is 0.000000361. The summed E-state index contributed by atoms with van der Waals surface area (Å²) in [5, 5.41) is 0. The molecule has 0 spiro atoms. The van der Waals surface area contributed by atoms with Gasteiger partial charge in [-0.25, -0.2) is 0 Å². The summed E-state index contributed by atoms with van der Waals surface area (Å²) in [6, 6.07) is -0.307. The molecule has 2 heterocycles. The van der Waals surface area contributed by atoms with Gasteiger partial charge in [-0.15, -0.1) is 0 Å². The molecule has 2 rings (SSSR count). The monoisotopic (exact) mass is 467 g/mol. The van der Waals surface area contributed by atoms with Crippen molar-refractivity contribution in [2.75, 3.05) is 26.2 Å². The van der Waals surface area contributed by atoms with E-state index in [1.807, 2.05) is 58.3 Å². The van der Waals surface area contributed by atoms with Crippen molar-refractivity contribution in [3.63, 3.8) is 0 Å². The lowest BCUT2D eigenvalue weighted by molar-refractivity contribution is -0.159. The fourth-order valence-corrected chi connectivity index (χ4v) is 4.13. The van der Waals surface area contributed by atoms with Gasteiger partial charge >= 0.3 is 5.97 Å². The Morgan fingerprint density at radius 3 is 1.55 bits per heavy atom. The van der Waals surface area contributed by atoms with Crippen LogP contribution in [0, 0.1) is 17.8 Å². The van der Waals surface area contributed by atoms with E-state index < -0.39 is 5.60 Å². The minimum atomic E-state index is -0.493. The van der Waals surface area contributed by atoms with E-state index in [9.17, 15) is 14.4 Å². The highest BCUT2D eigenvalue weighted by atomic mass is 16.6. The molecule has 0 bridgehead atoms. The molecule has 0 aromatic carbocycles. The standard InChI is InChI=1S/C16H29NO3.C10H20N2O/c1-12(2)13(11-14(18)20-16(3,4)5)15(19)17-9-7-6-8-10-17;1-8(2)9(11)10(13)12-6-4-3-5-7-12/h12-13H,6-11H2,1-5H3;8-9H,3-7,11H2,1-2H3/t13-;9-/m11/s1. The Labute approximate surface area is 201 Å². The van der Waals surface area contributed by atoms with E-state index >= 15 is 0 Å². The van der Waals surface area contributed by atoms with Crippen LogP contribution in [-0.2, 0) is 19.1 Å². The van der Waals surface area contributed by atoms with E-state index in [1.54, 1.807) is 0 Å². The molecule has 0 aromatic rings. The summed E-state index contributed by atoms with van der Waals surface area (Å²) in [4.78, 5) is 40.1. The summed E-state index contributed by atoms with van der Waals surface area (Å²) in [6.45, 7) is 17.0. The van der Waals surface area contributed by atoms with Crippen LogP contribution in [-0.4, -0.2) is 65.4 Å². The van der Waals surface area contributed by atoms with Gasteiger partial charge in [0.1, 0.15) is 5.60 Å². The number of ether oxygens (including phenoxy) is 1. The normalized spacial score (nSPS) is 19.0. The molecule has 2 amide bonds. The van der Waals surface area contributed by atoms with Gasteiger partial charge in [0.05, 0.1) is 18.4 Å². The van der Waals surface area contributed by atoms with Gasteiger partial charge in [0.25, 0.3) is 0 Å². The number of nitrogens with zero attached hydrogens (tertiary/aromatic N) is 2. The Kier molecular flexibility index (Phi) is 12.4. The number of hydrogen-bond acceptors (Lipinski definition) is 5. The highest BCUT2D eigenvalue weighted by molar-refractivity contribution is 5.84. The zero-order chi connectivity index (χ0) is 25.2. The van der Waals surface area contributed by atoms with Crippen LogP contribution in [0.4, 0.5) is 0 Å². The van der Waals surface area contributed by atoms with Gasteiger partial charge < -0.3 is 20.3 Å². The third-order valence-corrected chi connectivity index (χ3v) is 6.27. The number of piperidine rings is 2. The number of likely N-dealkylation sites (tertiary alicyclic amines) is 2. The summed E-state index contributed by atoms with van der Waals surface area (Å²) in [7, 11) is 0. The van der Waals surface area contributed by atoms with E-state index in [0.717, 1.165) is 51.9 Å². The third kappa shape index (κ3) is 10.9. The topological polar surface area (TPSA) is 92.9 Å². The first-order valence-corrected chi connectivity index (χ1v) is 12.9. The molecule has 0 aromatic heterocycles. The van der Waals surface area contributed by atoms with Crippen LogP contribution in [0.5, 0.6) is 0 Å². The van der Waals surface area contributed by atoms with Crippen LogP contribution >= 0.6 is 0 Å². The van der Waals surface area contributed by atoms with Gasteiger partial charge in [-0.2, -0.15) is 0 Å². The maximum Gasteiger partial charge on any atom is 0.307 e. The molecule has 2 saturated heterocycles. The molecule has 7 heteroatoms. The molecule has 2 aliphatic rings. The van der Waals surface area contributed by atoms with Crippen molar-refractivity contribution in [3.8, 4) is 0 Å². The fraction of sp³-hybridized carbons (Fsp3) is 0.885. The van der Waals surface area contributed by atoms with Crippen LogP contribution in [0.25, 0.3) is 0 Å². The van der Waals surface area contributed by atoms with Crippen molar-refractivity contribution in [1.82, 2.24) is 9.80 Å². The number of carbonyl (C=O) groups is 3. The number of amides is 2. The van der Waals surface area contributed by atoms with E-state index in [4.69, 9.17) is 10.5 Å². The molecule has 192 valence electrons. The Hall–Kier alpha value is -1.63. The summed E-state index contributed by atoms with van der Waals surface area (Å²) in [6.07, 6.45) is 7.05. The minimum absolute atomic E-state index is 0.116. The lowest BCUT2D eigenvalue weighted by atomic mass is 9.90. The largest absolute Gasteiger partial charge is 0.460 e. The van der Waals surface area contributed by atoms with Crippen LogP contribution in [0.2, 0.25) is 0 Å². The minimum Gasteiger partial charge on any atom is -0.460 e. The number of nitrogens with two attached hydrogens (primary N) is 1. The summed E-state index contributed by atoms with van der Waals surface area (Å²) in [5.74, 6) is 0.108. The second kappa shape index (κ2) is 13.9. The van der Waals surface area contributed by atoms with Crippen molar-refractivity contribution in [2.24, 2.45) is 23.5 Å². The molecule has 0 radical (unpaired) electrons. The number of rotatable bonds is 6. The van der Waals surface area contributed by atoms with E-state index in [1.165, 1.54) is 12.8 Å². The highest BCUT2D eigenvalue weighted by Gasteiger charge is 2.31. The molecular formula is C26H49N3O4.